The highest BCUT2D eigenvalue weighted by molar-refractivity contribution is 6.05. The van der Waals surface area contributed by atoms with Gasteiger partial charge in [-0.05, 0) is 37.1 Å². The van der Waals surface area contributed by atoms with E-state index in [4.69, 9.17) is 4.74 Å². The van der Waals surface area contributed by atoms with Gasteiger partial charge in [0.1, 0.15) is 18.5 Å². The van der Waals surface area contributed by atoms with Crippen molar-refractivity contribution >= 4 is 23.3 Å². The van der Waals surface area contributed by atoms with Crippen LogP contribution in [-0.2, 0) is 16.1 Å². The molecule has 5 nitrogen and oxygen atoms in total. The molecule has 1 N–H and O–H groups in total. The molecule has 25 heavy (non-hydrogen) atoms. The Labute approximate surface area is 144 Å². The number of rotatable bonds is 3. The molecule has 0 saturated carbocycles. The Morgan fingerprint density at radius 3 is 2.96 bits per heavy atom. The molecule has 2 aliphatic rings. The third kappa shape index (κ3) is 2.84. The highest BCUT2D eigenvalue weighted by atomic mass is 19.1. The minimum atomic E-state index is -0.552. The van der Waals surface area contributed by atoms with Crippen LogP contribution in [0.4, 0.5) is 15.8 Å². The van der Waals surface area contributed by atoms with Gasteiger partial charge in [0, 0.05) is 12.1 Å². The van der Waals surface area contributed by atoms with Crippen molar-refractivity contribution < 1.29 is 18.7 Å². The van der Waals surface area contributed by atoms with Crippen LogP contribution >= 0.6 is 0 Å². The number of fused-ring (bicyclic) bond motifs is 3. The first-order valence-electron chi connectivity index (χ1n) is 8.25. The molecule has 2 aromatic carbocycles. The van der Waals surface area contributed by atoms with Crippen LogP contribution < -0.4 is 10.2 Å². The Morgan fingerprint density at radius 1 is 1.28 bits per heavy atom. The van der Waals surface area contributed by atoms with E-state index in [0.29, 0.717) is 16.8 Å². The summed E-state index contributed by atoms with van der Waals surface area (Å²) in [6.07, 6.45) is 1.82. The van der Waals surface area contributed by atoms with Crippen molar-refractivity contribution in [3.63, 3.8) is 0 Å². The molecule has 0 bridgehead atoms. The molecule has 1 saturated heterocycles. The normalized spacial score (nSPS) is 18.4. The maximum absolute atomic E-state index is 13.6. The topological polar surface area (TPSA) is 58.6 Å². The van der Waals surface area contributed by atoms with Crippen LogP contribution in [-0.4, -0.2) is 24.5 Å². The van der Waals surface area contributed by atoms with Gasteiger partial charge in [-0.3, -0.25) is 4.79 Å². The first kappa shape index (κ1) is 15.6. The van der Waals surface area contributed by atoms with Crippen LogP contribution in [0.5, 0.6) is 0 Å². The van der Waals surface area contributed by atoms with Crippen LogP contribution in [0.15, 0.2) is 42.5 Å². The van der Waals surface area contributed by atoms with E-state index in [-0.39, 0.29) is 18.6 Å². The molecule has 1 amide bonds. The molecule has 0 aliphatic carbocycles. The van der Waals surface area contributed by atoms with E-state index in [0.717, 1.165) is 25.1 Å². The van der Waals surface area contributed by atoms with Crippen LogP contribution in [0.25, 0.3) is 0 Å². The second kappa shape index (κ2) is 6.20. The lowest BCUT2D eigenvalue weighted by molar-refractivity contribution is -0.117. The molecule has 0 spiro atoms. The van der Waals surface area contributed by atoms with Gasteiger partial charge in [0.15, 0.2) is 0 Å². The fraction of sp³-hybridized carbons (Fsp3) is 0.263. The van der Waals surface area contributed by atoms with E-state index in [1.165, 1.54) is 6.07 Å². The van der Waals surface area contributed by atoms with E-state index in [2.05, 4.69) is 10.2 Å². The van der Waals surface area contributed by atoms with E-state index < -0.39 is 11.8 Å². The minimum Gasteiger partial charge on any atom is -0.457 e. The van der Waals surface area contributed by atoms with Crippen molar-refractivity contribution in [2.45, 2.75) is 25.5 Å². The molecule has 2 heterocycles. The van der Waals surface area contributed by atoms with E-state index in [1.54, 1.807) is 30.3 Å². The average Bonchev–Trinajstić information content (AvgIpc) is 3.11. The zero-order chi connectivity index (χ0) is 17.4. The van der Waals surface area contributed by atoms with Crippen molar-refractivity contribution in [1.82, 2.24) is 0 Å². The zero-order valence-corrected chi connectivity index (χ0v) is 13.5. The number of benzene rings is 2. The van der Waals surface area contributed by atoms with Gasteiger partial charge in [0.25, 0.3) is 0 Å². The molecule has 4 rings (SSSR count). The lowest BCUT2D eigenvalue weighted by atomic mass is 10.1. The fourth-order valence-corrected chi connectivity index (χ4v) is 3.40. The standard InChI is InChI=1S/C19H17FN2O3/c20-14-5-2-1-4-13(14)11-25-19(24)12-7-8-16-15(10-12)21-18(23)17-6-3-9-22(16)17/h1-2,4-5,7-8,10,17H,3,6,9,11H2,(H,21,23)/t17-/m0/s1. The van der Waals surface area contributed by atoms with Crippen LogP contribution in [0.1, 0.15) is 28.8 Å². The van der Waals surface area contributed by atoms with E-state index >= 15 is 0 Å². The molecular formula is C19H17FN2O3. The van der Waals surface area contributed by atoms with E-state index in [1.807, 2.05) is 6.07 Å². The van der Waals surface area contributed by atoms with Gasteiger partial charge in [-0.2, -0.15) is 0 Å². The number of anilines is 2. The molecule has 2 aliphatic heterocycles. The summed E-state index contributed by atoms with van der Waals surface area (Å²) in [7, 11) is 0. The number of hydrogen-bond donors (Lipinski definition) is 1. The smallest absolute Gasteiger partial charge is 0.338 e. The summed E-state index contributed by atoms with van der Waals surface area (Å²) in [6, 6.07) is 11.2. The third-order valence-corrected chi connectivity index (χ3v) is 4.67. The SMILES string of the molecule is O=C(OCc1ccccc1F)c1ccc2c(c1)NC(=O)[C@@H]1CCCN21. The number of nitrogens with one attached hydrogen (secondary N) is 1. The number of esters is 1. The number of nitrogens with zero attached hydrogens (tertiary/aromatic N) is 1. The summed E-state index contributed by atoms with van der Waals surface area (Å²) in [4.78, 5) is 26.5. The summed E-state index contributed by atoms with van der Waals surface area (Å²) >= 11 is 0. The first-order valence-corrected chi connectivity index (χ1v) is 8.25. The molecule has 2 aromatic rings. The quantitative estimate of drug-likeness (QED) is 0.873. The summed E-state index contributed by atoms with van der Waals surface area (Å²) in [5.74, 6) is -1.00. The maximum Gasteiger partial charge on any atom is 0.338 e. The Morgan fingerprint density at radius 2 is 2.12 bits per heavy atom. The van der Waals surface area contributed by atoms with Gasteiger partial charge in [-0.15, -0.1) is 0 Å². The van der Waals surface area contributed by atoms with Gasteiger partial charge in [0.05, 0.1) is 16.9 Å². The summed E-state index contributed by atoms with van der Waals surface area (Å²) in [6.45, 7) is 0.700. The van der Waals surface area contributed by atoms with Gasteiger partial charge in [-0.25, -0.2) is 9.18 Å². The molecular weight excluding hydrogens is 323 g/mol. The van der Waals surface area contributed by atoms with Crippen LogP contribution in [0.2, 0.25) is 0 Å². The number of carbonyl (C=O) groups is 2. The molecule has 0 aromatic heterocycles. The highest BCUT2D eigenvalue weighted by Gasteiger charge is 2.36. The minimum absolute atomic E-state index is 0.0399. The van der Waals surface area contributed by atoms with Crippen LogP contribution in [0.3, 0.4) is 0 Å². The molecule has 128 valence electrons. The predicted molar refractivity (Wildman–Crippen MR) is 91.0 cm³/mol. The van der Waals surface area contributed by atoms with Crippen molar-refractivity contribution in [1.29, 1.82) is 0 Å². The van der Waals surface area contributed by atoms with E-state index in [9.17, 15) is 14.0 Å². The molecule has 6 heteroatoms. The molecule has 0 radical (unpaired) electrons. The average molecular weight is 340 g/mol. The van der Waals surface area contributed by atoms with Gasteiger partial charge in [0.2, 0.25) is 5.91 Å². The van der Waals surface area contributed by atoms with Crippen LogP contribution in [0, 0.1) is 5.82 Å². The molecule has 1 fully saturated rings. The van der Waals surface area contributed by atoms with Gasteiger partial charge in [-0.1, -0.05) is 18.2 Å². The number of carbonyl (C=O) groups excluding carboxylic acids is 2. The lowest BCUT2D eigenvalue weighted by Gasteiger charge is -2.33. The maximum atomic E-state index is 13.6. The summed E-state index contributed by atoms with van der Waals surface area (Å²) in [5, 5.41) is 2.86. The zero-order valence-electron chi connectivity index (χ0n) is 13.5. The monoisotopic (exact) mass is 340 g/mol. The number of hydrogen-bond acceptors (Lipinski definition) is 4. The Balaban J connectivity index is 1.52. The molecule has 1 atom stereocenters. The Hall–Kier alpha value is -2.89. The van der Waals surface area contributed by atoms with Crippen molar-refractivity contribution in [2.75, 3.05) is 16.8 Å². The van der Waals surface area contributed by atoms with Crippen molar-refractivity contribution in [3.05, 3.63) is 59.4 Å². The molecule has 0 unspecified atom stereocenters. The van der Waals surface area contributed by atoms with Gasteiger partial charge < -0.3 is 15.0 Å². The first-order chi connectivity index (χ1) is 12.1. The second-order valence-corrected chi connectivity index (χ2v) is 6.24. The second-order valence-electron chi connectivity index (χ2n) is 6.24. The predicted octanol–water partition coefficient (Wildman–Crippen LogP) is 3.10. The largest absolute Gasteiger partial charge is 0.457 e. The number of ether oxygens (including phenoxy) is 1. The van der Waals surface area contributed by atoms with Gasteiger partial charge >= 0.3 is 5.97 Å². The summed E-state index contributed by atoms with van der Waals surface area (Å²) in [5.41, 5.74) is 2.19. The Kier molecular flexibility index (Phi) is 3.87. The Bertz CT molecular complexity index is 852. The number of amides is 1. The lowest BCUT2D eigenvalue weighted by Crippen LogP contribution is -2.43. The number of halogens is 1. The third-order valence-electron chi connectivity index (χ3n) is 4.67. The van der Waals surface area contributed by atoms with Crippen molar-refractivity contribution in [3.8, 4) is 0 Å². The fourth-order valence-electron chi connectivity index (χ4n) is 3.40. The van der Waals surface area contributed by atoms with Crippen molar-refractivity contribution in [2.24, 2.45) is 0 Å². The summed E-state index contributed by atoms with van der Waals surface area (Å²) < 4.78 is 18.8. The highest BCUT2D eigenvalue weighted by Crippen LogP contribution is 2.37.